The molecule has 6 heteroatoms. The molecule has 19 heavy (non-hydrogen) atoms. The van der Waals surface area contributed by atoms with Crippen LogP contribution in [0.2, 0.25) is 0 Å². The van der Waals surface area contributed by atoms with Gasteiger partial charge in [-0.1, -0.05) is 12.1 Å². The Bertz CT molecular complexity index is 423. The quantitative estimate of drug-likeness (QED) is 0.473. The van der Waals surface area contributed by atoms with E-state index in [9.17, 15) is 9.18 Å². The van der Waals surface area contributed by atoms with Gasteiger partial charge in [0.15, 0.2) is 5.11 Å². The fraction of sp³-hybridized carbons (Fsp3) is 0.385. The normalized spacial score (nSPS) is 9.79. The number of carbonyl (C=O) groups is 1. The number of nitrogens with one attached hydrogen (secondary N) is 2. The molecule has 1 aromatic rings. The molecule has 0 aliphatic heterocycles. The number of hydrogen-bond acceptors (Lipinski definition) is 3. The van der Waals surface area contributed by atoms with Gasteiger partial charge in [-0.15, -0.1) is 0 Å². The summed E-state index contributed by atoms with van der Waals surface area (Å²) >= 11 is 5.07. The molecule has 2 N–H and O–H groups in total. The Hall–Kier alpha value is -1.69. The van der Waals surface area contributed by atoms with Crippen LogP contribution >= 0.6 is 12.2 Å². The summed E-state index contributed by atoms with van der Waals surface area (Å²) in [6, 6.07) is 6.21. The minimum atomic E-state index is -0.257. The summed E-state index contributed by atoms with van der Waals surface area (Å²) in [5.74, 6) is -0.487. The fourth-order valence-corrected chi connectivity index (χ4v) is 1.56. The summed E-state index contributed by atoms with van der Waals surface area (Å²) in [5.41, 5.74) is 0.945. The first-order valence-electron chi connectivity index (χ1n) is 5.95. The smallest absolute Gasteiger partial charge is 0.305 e. The molecule has 0 aliphatic rings. The summed E-state index contributed by atoms with van der Waals surface area (Å²) in [6.45, 7) is 1.13. The van der Waals surface area contributed by atoms with Crippen molar-refractivity contribution < 1.29 is 13.9 Å². The van der Waals surface area contributed by atoms with Crippen LogP contribution < -0.4 is 10.6 Å². The highest BCUT2D eigenvalue weighted by molar-refractivity contribution is 7.80. The SMILES string of the molecule is COC(=O)CCCNC(=S)NCc1ccc(F)cc1. The number of esters is 1. The van der Waals surface area contributed by atoms with Crippen LogP contribution in [0.25, 0.3) is 0 Å². The van der Waals surface area contributed by atoms with E-state index in [4.69, 9.17) is 12.2 Å². The average Bonchev–Trinajstić information content (AvgIpc) is 2.42. The van der Waals surface area contributed by atoms with E-state index in [1.165, 1.54) is 19.2 Å². The molecule has 0 atom stereocenters. The third-order valence-corrected chi connectivity index (χ3v) is 2.73. The van der Waals surface area contributed by atoms with E-state index in [0.717, 1.165) is 5.56 Å². The van der Waals surface area contributed by atoms with Gasteiger partial charge >= 0.3 is 5.97 Å². The van der Waals surface area contributed by atoms with Crippen LogP contribution in [0, 0.1) is 5.82 Å². The second-order valence-electron chi connectivity index (χ2n) is 3.92. The summed E-state index contributed by atoms with van der Waals surface area (Å²) < 4.78 is 17.2. The number of hydrogen-bond donors (Lipinski definition) is 2. The Kier molecular flexibility index (Phi) is 6.81. The van der Waals surface area contributed by atoms with E-state index < -0.39 is 0 Å². The lowest BCUT2D eigenvalue weighted by Crippen LogP contribution is -2.35. The zero-order valence-corrected chi connectivity index (χ0v) is 11.6. The van der Waals surface area contributed by atoms with Crippen molar-refractivity contribution in [3.05, 3.63) is 35.6 Å². The topological polar surface area (TPSA) is 50.4 Å². The van der Waals surface area contributed by atoms with Crippen molar-refractivity contribution in [2.75, 3.05) is 13.7 Å². The van der Waals surface area contributed by atoms with Crippen LogP contribution in [0.15, 0.2) is 24.3 Å². The lowest BCUT2D eigenvalue weighted by Gasteiger charge is -2.10. The first kappa shape index (κ1) is 15.4. The Balaban J connectivity index is 2.14. The maximum Gasteiger partial charge on any atom is 0.305 e. The summed E-state index contributed by atoms with van der Waals surface area (Å²) in [6.07, 6.45) is 1.02. The Labute approximate surface area is 117 Å². The van der Waals surface area contributed by atoms with Crippen LogP contribution in [0.4, 0.5) is 4.39 Å². The standard InChI is InChI=1S/C13H17FN2O2S/c1-18-12(17)3-2-8-15-13(19)16-9-10-4-6-11(14)7-5-10/h4-7H,2-3,8-9H2,1H3,(H2,15,16,19). The molecular formula is C13H17FN2O2S. The highest BCUT2D eigenvalue weighted by Gasteiger charge is 2.00. The Morgan fingerprint density at radius 1 is 1.32 bits per heavy atom. The summed E-state index contributed by atoms with van der Waals surface area (Å²) in [7, 11) is 1.37. The van der Waals surface area contributed by atoms with Crippen LogP contribution in [-0.2, 0) is 16.1 Å². The van der Waals surface area contributed by atoms with Gasteiger partial charge in [-0.25, -0.2) is 4.39 Å². The van der Waals surface area contributed by atoms with Gasteiger partial charge in [0.2, 0.25) is 0 Å². The van der Waals surface area contributed by atoms with E-state index in [-0.39, 0.29) is 11.8 Å². The average molecular weight is 284 g/mol. The minimum Gasteiger partial charge on any atom is -0.469 e. The van der Waals surface area contributed by atoms with Gasteiger partial charge in [-0.3, -0.25) is 4.79 Å². The molecule has 0 aliphatic carbocycles. The van der Waals surface area contributed by atoms with Crippen LogP contribution in [0.5, 0.6) is 0 Å². The lowest BCUT2D eigenvalue weighted by molar-refractivity contribution is -0.140. The molecule has 1 aromatic carbocycles. The van der Waals surface area contributed by atoms with Crippen molar-refractivity contribution >= 4 is 23.3 Å². The van der Waals surface area contributed by atoms with Crippen molar-refractivity contribution in [3.63, 3.8) is 0 Å². The second kappa shape index (κ2) is 8.42. The van der Waals surface area contributed by atoms with Gasteiger partial charge in [0.05, 0.1) is 7.11 Å². The highest BCUT2D eigenvalue weighted by atomic mass is 32.1. The minimum absolute atomic E-state index is 0.230. The van der Waals surface area contributed by atoms with Crippen LogP contribution in [0.1, 0.15) is 18.4 Å². The van der Waals surface area contributed by atoms with Crippen molar-refractivity contribution in [1.82, 2.24) is 10.6 Å². The third-order valence-electron chi connectivity index (χ3n) is 2.44. The number of carbonyl (C=O) groups excluding carboxylic acids is 1. The second-order valence-corrected chi connectivity index (χ2v) is 4.32. The Morgan fingerprint density at radius 2 is 2.00 bits per heavy atom. The molecule has 0 radical (unpaired) electrons. The molecule has 104 valence electrons. The van der Waals surface area contributed by atoms with Crippen molar-refractivity contribution in [1.29, 1.82) is 0 Å². The molecule has 4 nitrogen and oxygen atoms in total. The number of ether oxygens (including phenoxy) is 1. The molecule has 0 saturated carbocycles. The van der Waals surface area contributed by atoms with Crippen molar-refractivity contribution in [3.8, 4) is 0 Å². The van der Waals surface area contributed by atoms with E-state index in [1.54, 1.807) is 12.1 Å². The molecule has 0 bridgehead atoms. The first-order chi connectivity index (χ1) is 9.11. The van der Waals surface area contributed by atoms with Gasteiger partial charge in [-0.2, -0.15) is 0 Å². The van der Waals surface area contributed by atoms with E-state index in [1.807, 2.05) is 0 Å². The first-order valence-corrected chi connectivity index (χ1v) is 6.35. The van der Waals surface area contributed by atoms with Crippen molar-refractivity contribution in [2.24, 2.45) is 0 Å². The molecule has 0 unspecified atom stereocenters. The van der Waals surface area contributed by atoms with Gasteiger partial charge in [0.1, 0.15) is 5.82 Å². The predicted octanol–water partition coefficient (Wildman–Crippen LogP) is 1.74. The largest absolute Gasteiger partial charge is 0.469 e. The molecule has 1 rings (SSSR count). The van der Waals surface area contributed by atoms with E-state index in [2.05, 4.69) is 15.4 Å². The molecule has 0 aromatic heterocycles. The van der Waals surface area contributed by atoms with Gasteiger partial charge in [-0.05, 0) is 36.3 Å². The monoisotopic (exact) mass is 284 g/mol. The third kappa shape index (κ3) is 6.71. The Morgan fingerprint density at radius 3 is 2.63 bits per heavy atom. The van der Waals surface area contributed by atoms with E-state index in [0.29, 0.717) is 31.0 Å². The van der Waals surface area contributed by atoms with Gasteiger partial charge in [0.25, 0.3) is 0 Å². The molecule has 0 spiro atoms. The maximum atomic E-state index is 12.7. The number of benzene rings is 1. The molecule has 0 fully saturated rings. The molecule has 0 saturated heterocycles. The van der Waals surface area contributed by atoms with Gasteiger partial charge in [0, 0.05) is 19.5 Å². The summed E-state index contributed by atoms with van der Waals surface area (Å²) in [5, 5.41) is 6.49. The van der Waals surface area contributed by atoms with Crippen LogP contribution in [-0.4, -0.2) is 24.7 Å². The van der Waals surface area contributed by atoms with Crippen molar-refractivity contribution in [2.45, 2.75) is 19.4 Å². The molecular weight excluding hydrogens is 267 g/mol. The zero-order valence-electron chi connectivity index (χ0n) is 10.7. The number of thiocarbonyl (C=S) groups is 1. The van der Waals surface area contributed by atoms with E-state index >= 15 is 0 Å². The summed E-state index contributed by atoms with van der Waals surface area (Å²) in [4.78, 5) is 10.9. The fourth-order valence-electron chi connectivity index (χ4n) is 1.38. The van der Waals surface area contributed by atoms with Gasteiger partial charge < -0.3 is 15.4 Å². The highest BCUT2D eigenvalue weighted by Crippen LogP contribution is 2.01. The molecule has 0 amide bonds. The zero-order chi connectivity index (χ0) is 14.1. The predicted molar refractivity (Wildman–Crippen MR) is 75.1 cm³/mol. The maximum absolute atomic E-state index is 12.7. The lowest BCUT2D eigenvalue weighted by atomic mass is 10.2. The molecule has 0 heterocycles. The van der Waals surface area contributed by atoms with Crippen LogP contribution in [0.3, 0.4) is 0 Å². The number of rotatable bonds is 6. The number of methoxy groups -OCH3 is 1. The number of halogens is 1.